The third kappa shape index (κ3) is 4.96. The van der Waals surface area contributed by atoms with E-state index in [9.17, 15) is 22.8 Å². The van der Waals surface area contributed by atoms with E-state index in [1.165, 1.54) is 23.1 Å². The van der Waals surface area contributed by atoms with Crippen molar-refractivity contribution in [2.45, 2.75) is 62.6 Å². The summed E-state index contributed by atoms with van der Waals surface area (Å²) in [6.07, 6.45) is 5.21. The van der Waals surface area contributed by atoms with Crippen molar-refractivity contribution in [2.24, 2.45) is 5.92 Å². The Morgan fingerprint density at radius 2 is 1.97 bits per heavy atom. The number of sulfonamides is 1. The molecule has 0 atom stereocenters. The normalized spacial score (nSPS) is 17.2. The molecule has 4 rings (SSSR count). The quantitative estimate of drug-likeness (QED) is 0.524. The highest BCUT2D eigenvalue weighted by molar-refractivity contribution is 7.89. The van der Waals surface area contributed by atoms with E-state index in [4.69, 9.17) is 0 Å². The lowest BCUT2D eigenvalue weighted by Gasteiger charge is -2.17. The van der Waals surface area contributed by atoms with Crippen LogP contribution >= 0.6 is 0 Å². The number of rotatable bonds is 10. The molecule has 10 heteroatoms. The molecule has 0 saturated heterocycles. The summed E-state index contributed by atoms with van der Waals surface area (Å²) in [5, 5.41) is 0.203. The van der Waals surface area contributed by atoms with Crippen molar-refractivity contribution in [2.75, 3.05) is 13.6 Å². The second-order valence-electron chi connectivity index (χ2n) is 9.46. The van der Waals surface area contributed by atoms with E-state index >= 15 is 0 Å². The number of carbonyl (C=O) groups excluding carboxylic acids is 1. The van der Waals surface area contributed by atoms with E-state index in [1.807, 2.05) is 6.92 Å². The minimum Gasteiger partial charge on any atom is -0.342 e. The highest BCUT2D eigenvalue weighted by atomic mass is 32.2. The number of fused-ring (bicyclic) bond motifs is 1. The molecule has 0 bridgehead atoms. The molecule has 9 nitrogen and oxygen atoms in total. The summed E-state index contributed by atoms with van der Waals surface area (Å²) in [5.74, 6) is 0.145. The van der Waals surface area contributed by atoms with Crippen molar-refractivity contribution in [3.05, 3.63) is 51.7 Å². The second kappa shape index (κ2) is 8.57. The first kappa shape index (κ1) is 23.4. The molecule has 0 spiro atoms. The highest BCUT2D eigenvalue weighted by Gasteiger charge is 2.41. The van der Waals surface area contributed by atoms with Crippen molar-refractivity contribution in [3.63, 3.8) is 0 Å². The van der Waals surface area contributed by atoms with Gasteiger partial charge in [-0.15, -0.1) is 0 Å². The van der Waals surface area contributed by atoms with Crippen molar-refractivity contribution < 1.29 is 13.2 Å². The minimum absolute atomic E-state index is 0.0136. The van der Waals surface area contributed by atoms with Gasteiger partial charge in [0.25, 0.3) is 5.56 Å². The average Bonchev–Trinajstić information content (AvgIpc) is 3.71. The van der Waals surface area contributed by atoms with Gasteiger partial charge in [-0.25, -0.2) is 17.9 Å². The van der Waals surface area contributed by atoms with Crippen LogP contribution < -0.4 is 16.0 Å². The van der Waals surface area contributed by atoms with E-state index in [1.54, 1.807) is 17.7 Å². The Morgan fingerprint density at radius 3 is 2.58 bits per heavy atom. The highest BCUT2D eigenvalue weighted by Crippen LogP contribution is 2.36. The summed E-state index contributed by atoms with van der Waals surface area (Å²) in [4.78, 5) is 39.7. The molecule has 33 heavy (non-hydrogen) atoms. The topological polar surface area (TPSA) is 110 Å². The Labute approximate surface area is 192 Å². The first-order valence-electron chi connectivity index (χ1n) is 11.2. The maximum Gasteiger partial charge on any atom is 0.331 e. The molecule has 2 aliphatic rings. The van der Waals surface area contributed by atoms with Gasteiger partial charge in [-0.3, -0.25) is 18.7 Å². The number of hydrogen-bond donors (Lipinski definition) is 1. The van der Waals surface area contributed by atoms with Gasteiger partial charge in [0.15, 0.2) is 0 Å². The van der Waals surface area contributed by atoms with E-state index < -0.39 is 26.8 Å². The van der Waals surface area contributed by atoms with E-state index in [0.717, 1.165) is 30.3 Å². The van der Waals surface area contributed by atoms with Gasteiger partial charge in [0.05, 0.1) is 15.8 Å². The van der Waals surface area contributed by atoms with Gasteiger partial charge >= 0.3 is 5.69 Å². The minimum atomic E-state index is -3.79. The number of carbonyl (C=O) groups is 1. The number of nitrogens with one attached hydrogen (secondary N) is 1. The number of amides is 1. The summed E-state index contributed by atoms with van der Waals surface area (Å²) in [6.45, 7) is 6.28. The maximum absolute atomic E-state index is 13.3. The van der Waals surface area contributed by atoms with Crippen LogP contribution in [0.15, 0.2) is 45.3 Å². The van der Waals surface area contributed by atoms with Crippen molar-refractivity contribution in [3.8, 4) is 0 Å². The third-order valence-electron chi connectivity index (χ3n) is 6.45. The molecule has 2 aliphatic carbocycles. The lowest BCUT2D eigenvalue weighted by atomic mass is 10.2. The number of benzene rings is 1. The van der Waals surface area contributed by atoms with Crippen molar-refractivity contribution >= 4 is 26.8 Å². The van der Waals surface area contributed by atoms with Gasteiger partial charge in [0.1, 0.15) is 0 Å². The Kier molecular flexibility index (Phi) is 6.09. The van der Waals surface area contributed by atoms with Gasteiger partial charge in [0.2, 0.25) is 15.9 Å². The second-order valence-corrected chi connectivity index (χ2v) is 11.1. The van der Waals surface area contributed by atoms with Crippen LogP contribution in [-0.4, -0.2) is 47.5 Å². The monoisotopic (exact) mass is 474 g/mol. The summed E-state index contributed by atoms with van der Waals surface area (Å²) >= 11 is 0. The molecule has 0 unspecified atom stereocenters. The van der Waals surface area contributed by atoms with E-state index in [2.05, 4.69) is 11.3 Å². The molecule has 178 valence electrons. The van der Waals surface area contributed by atoms with Gasteiger partial charge in [-0.2, -0.15) is 0 Å². The fourth-order valence-corrected chi connectivity index (χ4v) is 5.40. The van der Waals surface area contributed by atoms with Crippen molar-refractivity contribution in [1.29, 1.82) is 0 Å². The first-order chi connectivity index (χ1) is 15.5. The molecule has 2 saturated carbocycles. The Balaban J connectivity index is 1.73. The molecule has 0 aliphatic heterocycles. The molecule has 1 aromatic heterocycles. The Bertz CT molecular complexity index is 1330. The molecule has 1 amide bonds. The van der Waals surface area contributed by atoms with Crippen LogP contribution in [0.4, 0.5) is 0 Å². The Morgan fingerprint density at radius 1 is 1.27 bits per heavy atom. The van der Waals surface area contributed by atoms with Gasteiger partial charge in [-0.1, -0.05) is 6.58 Å². The van der Waals surface area contributed by atoms with Gasteiger partial charge in [0, 0.05) is 32.2 Å². The molecule has 1 aromatic carbocycles. The molecule has 1 N–H and O–H groups in total. The van der Waals surface area contributed by atoms with Crippen LogP contribution in [-0.2, 0) is 27.9 Å². The predicted octanol–water partition coefficient (Wildman–Crippen LogP) is 1.44. The van der Waals surface area contributed by atoms with Crippen LogP contribution in [0.1, 0.15) is 39.0 Å². The van der Waals surface area contributed by atoms with Crippen LogP contribution in [0.3, 0.4) is 0 Å². The van der Waals surface area contributed by atoms with E-state index in [0.29, 0.717) is 30.9 Å². The van der Waals surface area contributed by atoms with Gasteiger partial charge in [-0.05, 0) is 69.2 Å². The predicted molar refractivity (Wildman–Crippen MR) is 126 cm³/mol. The fourth-order valence-electron chi connectivity index (χ4n) is 3.91. The van der Waals surface area contributed by atoms with E-state index in [-0.39, 0.29) is 22.7 Å². The SMILES string of the molecule is C=CC(=O)N(C)CCCn1c(=O)c2cc(S(=O)(=O)NC3(C)CC3)ccc2n(CC2CC2)c1=O. The summed E-state index contributed by atoms with van der Waals surface area (Å²) in [5.41, 5.74) is -0.914. The zero-order valence-electron chi connectivity index (χ0n) is 19.0. The largest absolute Gasteiger partial charge is 0.342 e. The Hall–Kier alpha value is -2.72. The standard InChI is InChI=1S/C23H30N4O5S/c1-4-20(28)25(3)12-5-13-26-21(29)18-14-17(33(31,32)24-23(2)10-11-23)8-9-19(18)27(22(26)30)15-16-6-7-16/h4,8-9,14,16,24H,1,5-7,10-13,15H2,2-3H3. The van der Waals surface area contributed by atoms with Crippen LogP contribution in [0.25, 0.3) is 10.9 Å². The maximum atomic E-state index is 13.3. The van der Waals surface area contributed by atoms with Crippen molar-refractivity contribution in [1.82, 2.24) is 18.8 Å². The first-order valence-corrected chi connectivity index (χ1v) is 12.7. The average molecular weight is 475 g/mol. The fraction of sp³-hybridized carbons (Fsp3) is 0.522. The number of likely N-dealkylation sites (N-methyl/N-ethyl adjacent to an activating group) is 1. The number of nitrogens with zero attached hydrogens (tertiary/aromatic N) is 3. The molecule has 1 heterocycles. The third-order valence-corrected chi connectivity index (χ3v) is 8.09. The zero-order chi connectivity index (χ0) is 24.0. The van der Waals surface area contributed by atoms with Gasteiger partial charge < -0.3 is 4.90 Å². The number of aromatic nitrogens is 2. The molecular weight excluding hydrogens is 444 g/mol. The molecule has 2 aromatic rings. The summed E-state index contributed by atoms with van der Waals surface area (Å²) in [7, 11) is -2.16. The number of hydrogen-bond acceptors (Lipinski definition) is 5. The lowest BCUT2D eigenvalue weighted by Crippen LogP contribution is -2.41. The summed E-state index contributed by atoms with van der Waals surface area (Å²) in [6, 6.07) is 4.39. The van der Waals surface area contributed by atoms with Crippen LogP contribution in [0, 0.1) is 5.92 Å². The summed E-state index contributed by atoms with van der Waals surface area (Å²) < 4.78 is 31.2. The lowest BCUT2D eigenvalue weighted by molar-refractivity contribution is -0.124. The van der Waals surface area contributed by atoms with Crippen LogP contribution in [0.2, 0.25) is 0 Å². The zero-order valence-corrected chi connectivity index (χ0v) is 19.9. The molecular formula is C23H30N4O5S. The van der Waals surface area contributed by atoms with Crippen LogP contribution in [0.5, 0.6) is 0 Å². The molecule has 0 radical (unpaired) electrons. The molecule has 2 fully saturated rings. The smallest absolute Gasteiger partial charge is 0.331 e.